The van der Waals surface area contributed by atoms with Crippen molar-refractivity contribution in [2.45, 2.75) is 30.3 Å². The van der Waals surface area contributed by atoms with Crippen molar-refractivity contribution in [2.75, 3.05) is 0 Å². The predicted octanol–water partition coefficient (Wildman–Crippen LogP) is 4.96. The molecule has 0 bridgehead atoms. The molecule has 160 valence electrons. The van der Waals surface area contributed by atoms with Gasteiger partial charge in [0.25, 0.3) is 5.56 Å². The zero-order valence-corrected chi connectivity index (χ0v) is 18.0. The van der Waals surface area contributed by atoms with E-state index in [0.717, 1.165) is 12.8 Å². The Balaban J connectivity index is 1.38. The lowest BCUT2D eigenvalue weighted by Crippen LogP contribution is -2.23. The zero-order valence-electron chi connectivity index (χ0n) is 17.2. The van der Waals surface area contributed by atoms with Crippen LogP contribution in [-0.4, -0.2) is 19.7 Å². The van der Waals surface area contributed by atoms with Gasteiger partial charge in [0, 0.05) is 6.54 Å². The Morgan fingerprint density at radius 2 is 1.78 bits per heavy atom. The average Bonchev–Trinajstić information content (AvgIpc) is 3.52. The van der Waals surface area contributed by atoms with E-state index in [9.17, 15) is 4.79 Å². The summed E-state index contributed by atoms with van der Waals surface area (Å²) < 4.78 is 12.4. The quantitative estimate of drug-likeness (QED) is 0.247. The number of para-hydroxylation sites is 1. The molecule has 0 aliphatic heterocycles. The lowest BCUT2D eigenvalue weighted by Gasteiger charge is -2.12. The van der Waals surface area contributed by atoms with Crippen molar-refractivity contribution in [3.05, 3.63) is 94.8 Å². The van der Waals surface area contributed by atoms with E-state index in [1.807, 2.05) is 42.5 Å². The van der Waals surface area contributed by atoms with Crippen molar-refractivity contribution >= 4 is 22.7 Å². The molecule has 0 unspecified atom stereocenters. The minimum absolute atomic E-state index is 0.0343. The molecule has 0 aliphatic rings. The van der Waals surface area contributed by atoms with Crippen molar-refractivity contribution in [2.24, 2.45) is 0 Å². The fourth-order valence-corrected chi connectivity index (χ4v) is 4.35. The smallest absolute Gasteiger partial charge is 0.262 e. The Morgan fingerprint density at radius 3 is 2.62 bits per heavy atom. The summed E-state index contributed by atoms with van der Waals surface area (Å²) in [6, 6.07) is 21.2. The SMILES string of the molecule is O=c1c2ccccc2nc(SCc2nc(-c3ccco3)no2)n1CCCc1ccccc1. The summed E-state index contributed by atoms with van der Waals surface area (Å²) in [4.78, 5) is 22.3. The fourth-order valence-electron chi connectivity index (χ4n) is 3.49. The largest absolute Gasteiger partial charge is 0.461 e. The molecule has 8 heteroatoms. The highest BCUT2D eigenvalue weighted by molar-refractivity contribution is 7.98. The van der Waals surface area contributed by atoms with Crippen molar-refractivity contribution in [3.63, 3.8) is 0 Å². The van der Waals surface area contributed by atoms with Crippen LogP contribution in [0.2, 0.25) is 0 Å². The standard InChI is InChI=1S/C24H20N4O3S/c29-23-18-11-4-5-12-19(18)25-24(28(23)14-6-10-17-8-2-1-3-9-17)32-16-21-26-22(27-31-21)20-13-7-15-30-20/h1-5,7-9,11-13,15H,6,10,14,16H2. The van der Waals surface area contributed by atoms with E-state index in [-0.39, 0.29) is 5.56 Å². The van der Waals surface area contributed by atoms with E-state index in [4.69, 9.17) is 13.9 Å². The van der Waals surface area contributed by atoms with Crippen molar-refractivity contribution in [1.82, 2.24) is 19.7 Å². The van der Waals surface area contributed by atoms with Gasteiger partial charge in [-0.25, -0.2) is 4.98 Å². The monoisotopic (exact) mass is 444 g/mol. The molecule has 0 amide bonds. The van der Waals surface area contributed by atoms with Gasteiger partial charge in [-0.3, -0.25) is 9.36 Å². The third-order valence-corrected chi connectivity index (χ3v) is 6.01. The number of fused-ring (bicyclic) bond motifs is 1. The Bertz CT molecular complexity index is 1380. The van der Waals surface area contributed by atoms with Crippen LogP contribution in [0.4, 0.5) is 0 Å². The maximum Gasteiger partial charge on any atom is 0.262 e. The fraction of sp³-hybridized carbons (Fsp3) is 0.167. The van der Waals surface area contributed by atoms with Gasteiger partial charge in [-0.15, -0.1) is 0 Å². The van der Waals surface area contributed by atoms with Gasteiger partial charge in [-0.2, -0.15) is 4.98 Å². The highest BCUT2D eigenvalue weighted by Gasteiger charge is 2.15. The van der Waals surface area contributed by atoms with Crippen LogP contribution in [-0.2, 0) is 18.7 Å². The normalized spacial score (nSPS) is 11.2. The van der Waals surface area contributed by atoms with Crippen LogP contribution in [0.15, 0.2) is 91.9 Å². The van der Waals surface area contributed by atoms with E-state index in [0.29, 0.717) is 45.8 Å². The van der Waals surface area contributed by atoms with Gasteiger partial charge in [-0.1, -0.05) is 59.4 Å². The third-order valence-electron chi connectivity index (χ3n) is 5.05. The number of thioether (sulfide) groups is 1. The second kappa shape index (κ2) is 9.23. The van der Waals surface area contributed by atoms with Crippen LogP contribution in [0, 0.1) is 0 Å². The third kappa shape index (κ3) is 4.36. The van der Waals surface area contributed by atoms with Gasteiger partial charge in [0.05, 0.1) is 22.9 Å². The molecule has 0 saturated carbocycles. The molecule has 0 saturated heterocycles. The summed E-state index contributed by atoms with van der Waals surface area (Å²) in [7, 11) is 0. The van der Waals surface area contributed by atoms with Crippen molar-refractivity contribution < 1.29 is 8.94 Å². The summed E-state index contributed by atoms with van der Waals surface area (Å²) in [6.07, 6.45) is 3.29. The first-order valence-electron chi connectivity index (χ1n) is 10.3. The number of aromatic nitrogens is 4. The molecular formula is C24H20N4O3S. The number of benzene rings is 2. The topological polar surface area (TPSA) is 86.9 Å². The number of aryl methyl sites for hydroxylation is 1. The molecule has 7 nitrogen and oxygen atoms in total. The van der Waals surface area contributed by atoms with E-state index >= 15 is 0 Å². The van der Waals surface area contributed by atoms with Crippen LogP contribution in [0.1, 0.15) is 17.9 Å². The molecule has 0 N–H and O–H groups in total. The molecule has 0 radical (unpaired) electrons. The van der Waals surface area contributed by atoms with Gasteiger partial charge in [0.1, 0.15) is 0 Å². The molecular weight excluding hydrogens is 424 g/mol. The molecule has 5 aromatic rings. The van der Waals surface area contributed by atoms with E-state index in [1.54, 1.807) is 23.0 Å². The van der Waals surface area contributed by atoms with E-state index in [2.05, 4.69) is 22.3 Å². The van der Waals surface area contributed by atoms with Gasteiger partial charge >= 0.3 is 0 Å². The molecule has 2 aromatic carbocycles. The minimum Gasteiger partial charge on any atom is -0.461 e. The van der Waals surface area contributed by atoms with Crippen LogP contribution in [0.3, 0.4) is 0 Å². The second-order valence-corrected chi connectivity index (χ2v) is 8.18. The van der Waals surface area contributed by atoms with Crippen molar-refractivity contribution in [3.8, 4) is 11.6 Å². The number of rotatable bonds is 8. The highest BCUT2D eigenvalue weighted by Crippen LogP contribution is 2.24. The zero-order chi connectivity index (χ0) is 21.8. The lowest BCUT2D eigenvalue weighted by atomic mass is 10.1. The maximum absolute atomic E-state index is 13.2. The molecule has 32 heavy (non-hydrogen) atoms. The van der Waals surface area contributed by atoms with Crippen LogP contribution >= 0.6 is 11.8 Å². The number of hydrogen-bond donors (Lipinski definition) is 0. The first kappa shape index (κ1) is 20.3. The highest BCUT2D eigenvalue weighted by atomic mass is 32.2. The molecule has 0 spiro atoms. The van der Waals surface area contributed by atoms with Crippen molar-refractivity contribution in [1.29, 1.82) is 0 Å². The Hall–Kier alpha value is -3.65. The van der Waals surface area contributed by atoms with Crippen LogP contribution in [0.25, 0.3) is 22.5 Å². The Morgan fingerprint density at radius 1 is 0.938 bits per heavy atom. The van der Waals surface area contributed by atoms with Crippen LogP contribution < -0.4 is 5.56 Å². The van der Waals surface area contributed by atoms with Gasteiger partial charge in [0.15, 0.2) is 10.9 Å². The summed E-state index contributed by atoms with van der Waals surface area (Å²) in [6.45, 7) is 0.579. The summed E-state index contributed by atoms with van der Waals surface area (Å²) in [5.74, 6) is 1.79. The summed E-state index contributed by atoms with van der Waals surface area (Å²) in [5, 5.41) is 5.22. The van der Waals surface area contributed by atoms with Gasteiger partial charge < -0.3 is 8.94 Å². The lowest BCUT2D eigenvalue weighted by molar-refractivity contribution is 0.390. The van der Waals surface area contributed by atoms with Gasteiger partial charge in [-0.05, 0) is 42.7 Å². The summed E-state index contributed by atoms with van der Waals surface area (Å²) in [5.41, 5.74) is 1.90. The second-order valence-electron chi connectivity index (χ2n) is 7.24. The molecule has 3 heterocycles. The molecule has 5 rings (SSSR count). The molecule has 0 atom stereocenters. The van der Waals surface area contributed by atoms with E-state index < -0.39 is 0 Å². The Labute approximate surface area is 188 Å². The van der Waals surface area contributed by atoms with Gasteiger partial charge in [0.2, 0.25) is 11.7 Å². The average molecular weight is 445 g/mol. The number of nitrogens with zero attached hydrogens (tertiary/aromatic N) is 4. The maximum atomic E-state index is 13.2. The first-order chi connectivity index (χ1) is 15.8. The molecule has 3 aromatic heterocycles. The predicted molar refractivity (Wildman–Crippen MR) is 122 cm³/mol. The Kier molecular flexibility index (Phi) is 5.85. The minimum atomic E-state index is -0.0343. The number of furan rings is 1. The summed E-state index contributed by atoms with van der Waals surface area (Å²) >= 11 is 1.41. The molecule has 0 aliphatic carbocycles. The van der Waals surface area contributed by atoms with Crippen LogP contribution in [0.5, 0.6) is 0 Å². The number of hydrogen-bond acceptors (Lipinski definition) is 7. The molecule has 0 fully saturated rings. The van der Waals surface area contributed by atoms with E-state index in [1.165, 1.54) is 17.3 Å². The first-order valence-corrected chi connectivity index (χ1v) is 11.3.